The summed E-state index contributed by atoms with van der Waals surface area (Å²) in [7, 11) is 0. The molecule has 1 aromatic carbocycles. The lowest BCUT2D eigenvalue weighted by Crippen LogP contribution is -1.83. The summed E-state index contributed by atoms with van der Waals surface area (Å²) in [5.41, 5.74) is 1.96. The minimum Gasteiger partial charge on any atom is -0.261 e. The molecule has 0 amide bonds. The molecule has 64 valence electrons. The van der Waals surface area contributed by atoms with E-state index in [4.69, 9.17) is 0 Å². The molecule has 2 aromatic rings. The molecule has 0 aliphatic rings. The zero-order chi connectivity index (χ0) is 9.10. The zero-order valence-electron chi connectivity index (χ0n) is 6.81. The molecule has 0 bridgehead atoms. The Bertz CT molecular complexity index is 401. The van der Waals surface area contributed by atoms with Crippen molar-refractivity contribution in [2.45, 2.75) is 0 Å². The normalized spacial score (nSPS) is 9.92. The molecular formula is C10H7BrN2. The Hall–Kier alpha value is -1.22. The highest BCUT2D eigenvalue weighted by atomic mass is 79.9. The Kier molecular flexibility index (Phi) is 2.36. The third kappa shape index (κ3) is 1.92. The van der Waals surface area contributed by atoms with Crippen LogP contribution >= 0.6 is 15.9 Å². The third-order valence-corrected chi connectivity index (χ3v) is 2.18. The van der Waals surface area contributed by atoms with E-state index in [1.54, 1.807) is 18.6 Å². The molecule has 13 heavy (non-hydrogen) atoms. The second kappa shape index (κ2) is 3.66. The zero-order valence-corrected chi connectivity index (χ0v) is 8.40. The van der Waals surface area contributed by atoms with Crippen LogP contribution in [0.5, 0.6) is 0 Å². The van der Waals surface area contributed by atoms with E-state index in [1.807, 2.05) is 24.3 Å². The summed E-state index contributed by atoms with van der Waals surface area (Å²) >= 11 is 3.41. The van der Waals surface area contributed by atoms with Crippen molar-refractivity contribution in [1.29, 1.82) is 0 Å². The monoisotopic (exact) mass is 234 g/mol. The predicted octanol–water partition coefficient (Wildman–Crippen LogP) is 2.91. The molecule has 0 aliphatic carbocycles. The lowest BCUT2D eigenvalue weighted by molar-refractivity contribution is 1.20. The van der Waals surface area contributed by atoms with Gasteiger partial charge in [0, 0.05) is 22.4 Å². The van der Waals surface area contributed by atoms with Crippen molar-refractivity contribution in [3.63, 3.8) is 0 Å². The first-order valence-electron chi connectivity index (χ1n) is 3.88. The Labute approximate surface area is 84.8 Å². The van der Waals surface area contributed by atoms with E-state index in [0.29, 0.717) is 0 Å². The van der Waals surface area contributed by atoms with E-state index in [-0.39, 0.29) is 0 Å². The summed E-state index contributed by atoms with van der Waals surface area (Å²) in [5.74, 6) is 0. The van der Waals surface area contributed by atoms with Crippen LogP contribution in [0.2, 0.25) is 0 Å². The summed E-state index contributed by atoms with van der Waals surface area (Å²) in [6, 6.07) is 7.99. The average molecular weight is 235 g/mol. The van der Waals surface area contributed by atoms with Crippen LogP contribution in [-0.2, 0) is 0 Å². The standard InChI is InChI=1S/C10H7BrN2/c11-9-3-1-2-8(6-9)10-7-12-4-5-13-10/h1-7H. The first-order chi connectivity index (χ1) is 6.36. The summed E-state index contributed by atoms with van der Waals surface area (Å²) in [6.45, 7) is 0. The van der Waals surface area contributed by atoms with Crippen LogP contribution < -0.4 is 0 Å². The molecule has 2 nitrogen and oxygen atoms in total. The van der Waals surface area contributed by atoms with Gasteiger partial charge in [0.1, 0.15) is 0 Å². The smallest absolute Gasteiger partial charge is 0.0885 e. The SMILES string of the molecule is Brc1cccc(-c2cnccn2)c1. The van der Waals surface area contributed by atoms with Crippen molar-refractivity contribution in [3.8, 4) is 11.3 Å². The van der Waals surface area contributed by atoms with Crippen molar-refractivity contribution in [3.05, 3.63) is 47.3 Å². The fourth-order valence-electron chi connectivity index (χ4n) is 1.10. The quantitative estimate of drug-likeness (QED) is 0.759. The van der Waals surface area contributed by atoms with Crippen LogP contribution in [0.15, 0.2) is 47.3 Å². The van der Waals surface area contributed by atoms with Gasteiger partial charge >= 0.3 is 0 Å². The van der Waals surface area contributed by atoms with Crippen LogP contribution in [0.3, 0.4) is 0 Å². The van der Waals surface area contributed by atoms with Gasteiger partial charge in [0.05, 0.1) is 11.9 Å². The molecule has 1 aromatic heterocycles. The van der Waals surface area contributed by atoms with E-state index in [2.05, 4.69) is 25.9 Å². The molecule has 3 heteroatoms. The molecule has 1 heterocycles. The molecule has 0 saturated heterocycles. The van der Waals surface area contributed by atoms with Gasteiger partial charge in [0.15, 0.2) is 0 Å². The largest absolute Gasteiger partial charge is 0.261 e. The van der Waals surface area contributed by atoms with Gasteiger partial charge in [-0.25, -0.2) is 0 Å². The molecule has 0 aliphatic heterocycles. The average Bonchev–Trinajstić information content (AvgIpc) is 2.19. The Morgan fingerprint density at radius 2 is 2.08 bits per heavy atom. The molecule has 0 atom stereocenters. The maximum absolute atomic E-state index is 4.21. The molecule has 0 N–H and O–H groups in total. The molecule has 0 radical (unpaired) electrons. The van der Waals surface area contributed by atoms with Gasteiger partial charge in [-0.1, -0.05) is 28.1 Å². The topological polar surface area (TPSA) is 25.8 Å². The second-order valence-corrected chi connectivity index (χ2v) is 3.52. The first-order valence-corrected chi connectivity index (χ1v) is 4.67. The van der Waals surface area contributed by atoms with Crippen molar-refractivity contribution in [2.24, 2.45) is 0 Å². The fraction of sp³-hybridized carbons (Fsp3) is 0. The first kappa shape index (κ1) is 8.38. The Morgan fingerprint density at radius 1 is 1.15 bits per heavy atom. The molecule has 0 fully saturated rings. The molecule has 0 unspecified atom stereocenters. The Balaban J connectivity index is 2.48. The van der Waals surface area contributed by atoms with Gasteiger partial charge < -0.3 is 0 Å². The number of aromatic nitrogens is 2. The summed E-state index contributed by atoms with van der Waals surface area (Å²) in [5, 5.41) is 0. The molecule has 0 saturated carbocycles. The van der Waals surface area contributed by atoms with Gasteiger partial charge in [0.2, 0.25) is 0 Å². The van der Waals surface area contributed by atoms with E-state index < -0.39 is 0 Å². The Morgan fingerprint density at radius 3 is 2.77 bits per heavy atom. The van der Waals surface area contributed by atoms with E-state index in [1.165, 1.54) is 0 Å². The minimum absolute atomic E-state index is 0.892. The van der Waals surface area contributed by atoms with Gasteiger partial charge in [-0.15, -0.1) is 0 Å². The number of hydrogen-bond acceptors (Lipinski definition) is 2. The van der Waals surface area contributed by atoms with Crippen LogP contribution in [0.4, 0.5) is 0 Å². The number of halogens is 1. The van der Waals surface area contributed by atoms with Crippen molar-refractivity contribution in [1.82, 2.24) is 9.97 Å². The second-order valence-electron chi connectivity index (χ2n) is 2.60. The third-order valence-electron chi connectivity index (χ3n) is 1.68. The van der Waals surface area contributed by atoms with Crippen molar-refractivity contribution < 1.29 is 0 Å². The summed E-state index contributed by atoms with van der Waals surface area (Å²) in [6.07, 6.45) is 5.11. The highest BCUT2D eigenvalue weighted by Gasteiger charge is 1.97. The fourth-order valence-corrected chi connectivity index (χ4v) is 1.50. The van der Waals surface area contributed by atoms with E-state index in [9.17, 15) is 0 Å². The highest BCUT2D eigenvalue weighted by molar-refractivity contribution is 9.10. The number of benzene rings is 1. The van der Waals surface area contributed by atoms with E-state index in [0.717, 1.165) is 15.7 Å². The number of hydrogen-bond donors (Lipinski definition) is 0. The van der Waals surface area contributed by atoms with Crippen LogP contribution in [0.1, 0.15) is 0 Å². The number of nitrogens with zero attached hydrogens (tertiary/aromatic N) is 2. The maximum Gasteiger partial charge on any atom is 0.0885 e. The predicted molar refractivity (Wildman–Crippen MR) is 55.2 cm³/mol. The van der Waals surface area contributed by atoms with Gasteiger partial charge in [0.25, 0.3) is 0 Å². The molecule has 2 rings (SSSR count). The summed E-state index contributed by atoms with van der Waals surface area (Å²) in [4.78, 5) is 8.22. The van der Waals surface area contributed by atoms with E-state index >= 15 is 0 Å². The van der Waals surface area contributed by atoms with Crippen LogP contribution in [-0.4, -0.2) is 9.97 Å². The summed E-state index contributed by atoms with van der Waals surface area (Å²) < 4.78 is 1.05. The lowest BCUT2D eigenvalue weighted by Gasteiger charge is -1.98. The van der Waals surface area contributed by atoms with Crippen molar-refractivity contribution in [2.75, 3.05) is 0 Å². The van der Waals surface area contributed by atoms with Gasteiger partial charge in [-0.05, 0) is 12.1 Å². The maximum atomic E-state index is 4.21. The van der Waals surface area contributed by atoms with Gasteiger partial charge in [-0.3, -0.25) is 9.97 Å². The molecule has 0 spiro atoms. The number of rotatable bonds is 1. The van der Waals surface area contributed by atoms with Crippen molar-refractivity contribution >= 4 is 15.9 Å². The highest BCUT2D eigenvalue weighted by Crippen LogP contribution is 2.19. The van der Waals surface area contributed by atoms with Crippen LogP contribution in [0.25, 0.3) is 11.3 Å². The minimum atomic E-state index is 0.892. The van der Waals surface area contributed by atoms with Gasteiger partial charge in [-0.2, -0.15) is 0 Å². The van der Waals surface area contributed by atoms with Crippen LogP contribution in [0, 0.1) is 0 Å². The lowest BCUT2D eigenvalue weighted by atomic mass is 10.2. The molecular weight excluding hydrogens is 228 g/mol.